The number of carbonyl (C=O) groups is 1. The zero-order valence-electron chi connectivity index (χ0n) is 16.2. The second-order valence-corrected chi connectivity index (χ2v) is 9.49. The standard InChI is InChI=1S/C18H31ClN2O6S/c1-8(19)10(16-13(23)12(22)14(24)18(27-16)28-2)21-17(25)11-15-9(7-20-11)5-3-4-6-26-15/h8-16,18,20,22-24H,3-7H2,1-2H3,(H,21,25)/t8-,9-,10+,11-,12?,13?,14+,15-,16+,18?/m0/s1. The van der Waals surface area contributed by atoms with Crippen LogP contribution in [0.15, 0.2) is 0 Å². The molecule has 8 nitrogen and oxygen atoms in total. The predicted molar refractivity (Wildman–Crippen MR) is 106 cm³/mol. The van der Waals surface area contributed by atoms with E-state index in [0.29, 0.717) is 12.5 Å². The molecule has 0 aromatic carbocycles. The van der Waals surface area contributed by atoms with Crippen molar-refractivity contribution in [1.29, 1.82) is 0 Å². The summed E-state index contributed by atoms with van der Waals surface area (Å²) in [4.78, 5) is 13.0. The number of thioether (sulfide) groups is 1. The van der Waals surface area contributed by atoms with Crippen LogP contribution in [-0.2, 0) is 14.3 Å². The van der Waals surface area contributed by atoms with Crippen LogP contribution >= 0.6 is 23.4 Å². The van der Waals surface area contributed by atoms with Gasteiger partial charge in [0.2, 0.25) is 5.91 Å². The number of alkyl halides is 1. The SMILES string of the molecule is CSC1O[C@H]([C@H](NC(=O)[C@H]2NC[C@@H]3CCCCO[C@@H]32)[C@H](C)Cl)C(O)C(O)[C@H]1O. The van der Waals surface area contributed by atoms with Gasteiger partial charge in [-0.3, -0.25) is 4.79 Å². The summed E-state index contributed by atoms with van der Waals surface area (Å²) < 4.78 is 11.7. The Hall–Kier alpha value is -0.130. The number of fused-ring (bicyclic) bond motifs is 1. The largest absolute Gasteiger partial charge is 0.388 e. The van der Waals surface area contributed by atoms with E-state index < -0.39 is 47.3 Å². The van der Waals surface area contributed by atoms with Crippen molar-refractivity contribution in [2.75, 3.05) is 19.4 Å². The number of amides is 1. The average molecular weight is 439 g/mol. The fourth-order valence-electron chi connectivity index (χ4n) is 4.33. The number of nitrogens with one attached hydrogen (secondary N) is 2. The maximum atomic E-state index is 13.0. The number of aliphatic hydroxyl groups is 3. The van der Waals surface area contributed by atoms with Gasteiger partial charge in [0.25, 0.3) is 0 Å². The quantitative estimate of drug-likeness (QED) is 0.362. The molecule has 0 aromatic rings. The maximum Gasteiger partial charge on any atom is 0.240 e. The first-order valence-corrected chi connectivity index (χ1v) is 11.6. The van der Waals surface area contributed by atoms with Crippen LogP contribution in [0.1, 0.15) is 26.2 Å². The highest BCUT2D eigenvalue weighted by Crippen LogP contribution is 2.31. The van der Waals surface area contributed by atoms with Crippen LogP contribution in [0.25, 0.3) is 0 Å². The van der Waals surface area contributed by atoms with Crippen molar-refractivity contribution in [1.82, 2.24) is 10.6 Å². The second kappa shape index (κ2) is 9.78. The normalized spacial score (nSPS) is 43.6. The Morgan fingerprint density at radius 2 is 2.00 bits per heavy atom. The number of carbonyl (C=O) groups excluding carboxylic acids is 1. The summed E-state index contributed by atoms with van der Waals surface area (Å²) in [7, 11) is 0. The number of rotatable bonds is 5. The maximum absolute atomic E-state index is 13.0. The molecule has 3 saturated heterocycles. The lowest BCUT2D eigenvalue weighted by molar-refractivity contribution is -0.205. The van der Waals surface area contributed by atoms with Gasteiger partial charge in [-0.25, -0.2) is 0 Å². The van der Waals surface area contributed by atoms with E-state index in [4.69, 9.17) is 21.1 Å². The molecule has 0 radical (unpaired) electrons. The molecule has 10 heteroatoms. The molecule has 5 N–H and O–H groups in total. The van der Waals surface area contributed by atoms with E-state index in [9.17, 15) is 20.1 Å². The Bertz CT molecular complexity index is 542. The first-order valence-electron chi connectivity index (χ1n) is 9.87. The van der Waals surface area contributed by atoms with Crippen LogP contribution in [0, 0.1) is 5.92 Å². The third-order valence-corrected chi connectivity index (χ3v) is 7.08. The van der Waals surface area contributed by atoms with Gasteiger partial charge in [-0.05, 0) is 31.9 Å². The average Bonchev–Trinajstić information content (AvgIpc) is 2.93. The van der Waals surface area contributed by atoms with Gasteiger partial charge in [-0.2, -0.15) is 0 Å². The molecule has 3 aliphatic heterocycles. The van der Waals surface area contributed by atoms with Crippen molar-refractivity contribution in [3.8, 4) is 0 Å². The minimum Gasteiger partial charge on any atom is -0.388 e. The third kappa shape index (κ3) is 4.62. The van der Waals surface area contributed by atoms with Crippen molar-refractivity contribution >= 4 is 29.3 Å². The Morgan fingerprint density at radius 3 is 2.68 bits per heavy atom. The van der Waals surface area contributed by atoms with Gasteiger partial charge in [0, 0.05) is 13.2 Å². The van der Waals surface area contributed by atoms with Crippen LogP contribution in [0.5, 0.6) is 0 Å². The molecule has 0 aromatic heterocycles. The fraction of sp³-hybridized carbons (Fsp3) is 0.944. The molecular formula is C18H31ClN2O6S. The van der Waals surface area contributed by atoms with Crippen LogP contribution in [0.4, 0.5) is 0 Å². The summed E-state index contributed by atoms with van der Waals surface area (Å²) in [5.74, 6) is 0.0449. The molecule has 3 fully saturated rings. The lowest BCUT2D eigenvalue weighted by Crippen LogP contribution is -2.65. The summed E-state index contributed by atoms with van der Waals surface area (Å²) in [6.45, 7) is 3.07. The molecule has 3 unspecified atom stereocenters. The summed E-state index contributed by atoms with van der Waals surface area (Å²) in [5, 5.41) is 36.3. The molecule has 10 atom stereocenters. The van der Waals surface area contributed by atoms with Crippen LogP contribution in [0.3, 0.4) is 0 Å². The van der Waals surface area contributed by atoms with Gasteiger partial charge in [0.05, 0.1) is 17.5 Å². The summed E-state index contributed by atoms with van der Waals surface area (Å²) in [5.41, 5.74) is -0.725. The third-order valence-electron chi connectivity index (χ3n) is 5.95. The summed E-state index contributed by atoms with van der Waals surface area (Å²) in [6.07, 6.45) is -0.247. The molecule has 0 spiro atoms. The first-order chi connectivity index (χ1) is 13.3. The molecule has 0 saturated carbocycles. The monoisotopic (exact) mass is 438 g/mol. The Kier molecular flexibility index (Phi) is 7.88. The second-order valence-electron chi connectivity index (χ2n) is 7.87. The van der Waals surface area contributed by atoms with E-state index >= 15 is 0 Å². The molecule has 0 bridgehead atoms. The smallest absolute Gasteiger partial charge is 0.240 e. The highest BCUT2D eigenvalue weighted by Gasteiger charge is 2.49. The van der Waals surface area contributed by atoms with Crippen molar-refractivity contribution in [2.24, 2.45) is 5.92 Å². The predicted octanol–water partition coefficient (Wildman–Crippen LogP) is -0.574. The minimum absolute atomic E-state index is 0.183. The van der Waals surface area contributed by atoms with E-state index in [2.05, 4.69) is 10.6 Å². The van der Waals surface area contributed by atoms with E-state index in [0.717, 1.165) is 25.8 Å². The van der Waals surface area contributed by atoms with E-state index in [1.165, 1.54) is 11.8 Å². The summed E-state index contributed by atoms with van der Waals surface area (Å²) >= 11 is 7.55. The number of hydrogen-bond donors (Lipinski definition) is 5. The number of aliphatic hydroxyl groups excluding tert-OH is 3. The van der Waals surface area contributed by atoms with Crippen LogP contribution < -0.4 is 10.6 Å². The highest BCUT2D eigenvalue weighted by molar-refractivity contribution is 7.99. The van der Waals surface area contributed by atoms with Crippen molar-refractivity contribution in [3.63, 3.8) is 0 Å². The van der Waals surface area contributed by atoms with Gasteiger partial charge < -0.3 is 35.4 Å². The van der Waals surface area contributed by atoms with E-state index in [1.807, 2.05) is 0 Å². The lowest BCUT2D eigenvalue weighted by Gasteiger charge is -2.44. The van der Waals surface area contributed by atoms with Gasteiger partial charge >= 0.3 is 0 Å². The lowest BCUT2D eigenvalue weighted by atomic mass is 9.92. The molecule has 0 aliphatic carbocycles. The van der Waals surface area contributed by atoms with Crippen molar-refractivity contribution in [2.45, 2.75) is 79.6 Å². The molecule has 3 aliphatic rings. The van der Waals surface area contributed by atoms with Crippen LogP contribution in [-0.4, -0.2) is 94.1 Å². The number of ether oxygens (including phenoxy) is 2. The van der Waals surface area contributed by atoms with E-state index in [-0.39, 0.29) is 12.0 Å². The number of hydrogen-bond acceptors (Lipinski definition) is 8. The Balaban J connectivity index is 1.71. The van der Waals surface area contributed by atoms with Gasteiger partial charge in [-0.15, -0.1) is 23.4 Å². The Morgan fingerprint density at radius 1 is 1.25 bits per heavy atom. The zero-order chi connectivity index (χ0) is 20.4. The van der Waals surface area contributed by atoms with Crippen LogP contribution in [0.2, 0.25) is 0 Å². The topological polar surface area (TPSA) is 120 Å². The Labute approximate surface area is 174 Å². The molecule has 1 amide bonds. The number of halogens is 1. The highest BCUT2D eigenvalue weighted by atomic mass is 35.5. The fourth-order valence-corrected chi connectivity index (χ4v) is 5.21. The summed E-state index contributed by atoms with van der Waals surface area (Å²) in [6, 6.07) is -1.23. The molecular weight excluding hydrogens is 408 g/mol. The van der Waals surface area contributed by atoms with E-state index in [1.54, 1.807) is 13.2 Å². The molecule has 3 heterocycles. The van der Waals surface area contributed by atoms with Gasteiger partial charge in [0.1, 0.15) is 35.9 Å². The van der Waals surface area contributed by atoms with Gasteiger partial charge in [0.15, 0.2) is 0 Å². The first kappa shape index (κ1) is 22.6. The molecule has 162 valence electrons. The van der Waals surface area contributed by atoms with Crippen molar-refractivity contribution < 1.29 is 29.6 Å². The molecule has 3 rings (SSSR count). The molecule has 28 heavy (non-hydrogen) atoms. The minimum atomic E-state index is -1.38. The van der Waals surface area contributed by atoms with Gasteiger partial charge in [-0.1, -0.05) is 6.42 Å². The zero-order valence-corrected chi connectivity index (χ0v) is 17.7. The van der Waals surface area contributed by atoms with Crippen molar-refractivity contribution in [3.05, 3.63) is 0 Å².